The average molecular weight is 534 g/mol. The number of fused-ring (bicyclic) bond motifs is 1. The number of carbonyl (C=O) groups excluding carboxylic acids is 1. The SMILES string of the molecule is CC(C)N(C(=O)c1ccc(C(F)(F)F)cc1)c1nn(-c2ccc(-c3cc4ncccn4n3)cc2)cc1C(=O)O. The molecule has 12 heteroatoms. The normalized spacial score (nSPS) is 11.7. The molecule has 0 fully saturated rings. The molecule has 3 aromatic heterocycles. The van der Waals surface area contributed by atoms with Gasteiger partial charge in [0.25, 0.3) is 5.91 Å². The lowest BCUT2D eigenvalue weighted by Crippen LogP contribution is -2.38. The van der Waals surface area contributed by atoms with E-state index in [1.807, 2.05) is 6.07 Å². The third kappa shape index (κ3) is 4.96. The third-order valence-corrected chi connectivity index (χ3v) is 6.01. The predicted octanol–water partition coefficient (Wildman–Crippen LogP) is 5.35. The van der Waals surface area contributed by atoms with E-state index < -0.39 is 29.7 Å². The zero-order valence-corrected chi connectivity index (χ0v) is 20.7. The molecule has 0 unspecified atom stereocenters. The molecule has 5 rings (SSSR count). The van der Waals surface area contributed by atoms with Gasteiger partial charge in [-0.3, -0.25) is 9.69 Å². The highest BCUT2D eigenvalue weighted by Gasteiger charge is 2.32. The van der Waals surface area contributed by atoms with E-state index in [2.05, 4.69) is 15.2 Å². The first-order valence-corrected chi connectivity index (χ1v) is 11.8. The maximum Gasteiger partial charge on any atom is 0.416 e. The number of aromatic nitrogens is 5. The molecule has 0 saturated carbocycles. The third-order valence-electron chi connectivity index (χ3n) is 6.01. The maximum atomic E-state index is 13.3. The number of anilines is 1. The highest BCUT2D eigenvalue weighted by Crippen LogP contribution is 2.30. The molecule has 0 aliphatic rings. The summed E-state index contributed by atoms with van der Waals surface area (Å²) in [5.74, 6) is -2.11. The van der Waals surface area contributed by atoms with Crippen LogP contribution in [0.5, 0.6) is 0 Å². The van der Waals surface area contributed by atoms with Crippen molar-refractivity contribution in [3.05, 3.63) is 95.9 Å². The zero-order chi connectivity index (χ0) is 27.9. The number of carboxylic acid groups (broad SMARTS) is 1. The lowest BCUT2D eigenvalue weighted by molar-refractivity contribution is -0.137. The summed E-state index contributed by atoms with van der Waals surface area (Å²) < 4.78 is 41.9. The van der Waals surface area contributed by atoms with Crippen molar-refractivity contribution in [2.24, 2.45) is 0 Å². The lowest BCUT2D eigenvalue weighted by atomic mass is 10.1. The highest BCUT2D eigenvalue weighted by atomic mass is 19.4. The van der Waals surface area contributed by atoms with Gasteiger partial charge in [-0.15, -0.1) is 5.10 Å². The van der Waals surface area contributed by atoms with Crippen molar-refractivity contribution < 1.29 is 27.9 Å². The minimum Gasteiger partial charge on any atom is -0.477 e. The first-order valence-electron chi connectivity index (χ1n) is 11.8. The molecule has 0 spiro atoms. The van der Waals surface area contributed by atoms with Crippen molar-refractivity contribution >= 4 is 23.3 Å². The number of carboxylic acids is 1. The van der Waals surface area contributed by atoms with Gasteiger partial charge in [-0.05, 0) is 56.3 Å². The van der Waals surface area contributed by atoms with Gasteiger partial charge >= 0.3 is 12.1 Å². The van der Waals surface area contributed by atoms with Crippen LogP contribution in [0.1, 0.15) is 40.1 Å². The highest BCUT2D eigenvalue weighted by molar-refractivity contribution is 6.09. The Morgan fingerprint density at radius 2 is 1.69 bits per heavy atom. The Morgan fingerprint density at radius 3 is 2.28 bits per heavy atom. The number of hydrogen-bond acceptors (Lipinski definition) is 5. The van der Waals surface area contributed by atoms with E-state index in [4.69, 9.17) is 0 Å². The van der Waals surface area contributed by atoms with Gasteiger partial charge in [0.15, 0.2) is 11.5 Å². The fourth-order valence-electron chi connectivity index (χ4n) is 4.10. The van der Waals surface area contributed by atoms with E-state index in [0.29, 0.717) is 17.0 Å². The summed E-state index contributed by atoms with van der Waals surface area (Å²) in [5, 5.41) is 18.7. The van der Waals surface area contributed by atoms with Gasteiger partial charge in [-0.2, -0.15) is 18.3 Å². The molecule has 0 aliphatic heterocycles. The standard InChI is InChI=1S/C27H21F3N6O3/c1-16(2)36(25(37)18-4-8-19(9-5-18)27(28,29)30)24-21(26(38)39)15-35(33-24)20-10-6-17(7-11-20)22-14-23-31-12-3-13-34(23)32-22/h3-16H,1-2H3,(H,38,39). The summed E-state index contributed by atoms with van der Waals surface area (Å²) in [6, 6.07) is 13.8. The van der Waals surface area contributed by atoms with Gasteiger partial charge in [0.1, 0.15) is 5.56 Å². The molecule has 0 atom stereocenters. The molecule has 198 valence electrons. The van der Waals surface area contributed by atoms with Gasteiger partial charge in [0, 0.05) is 41.8 Å². The van der Waals surface area contributed by atoms with Crippen LogP contribution in [0.15, 0.2) is 79.3 Å². The quantitative estimate of drug-likeness (QED) is 0.315. The Balaban J connectivity index is 1.48. The summed E-state index contributed by atoms with van der Waals surface area (Å²) in [7, 11) is 0. The second kappa shape index (κ2) is 9.71. The van der Waals surface area contributed by atoms with Crippen LogP contribution in [0.3, 0.4) is 0 Å². The predicted molar refractivity (Wildman–Crippen MR) is 136 cm³/mol. The monoisotopic (exact) mass is 534 g/mol. The number of nitrogens with zero attached hydrogens (tertiary/aromatic N) is 6. The number of alkyl halides is 3. The van der Waals surface area contributed by atoms with Crippen molar-refractivity contribution in [2.45, 2.75) is 26.1 Å². The van der Waals surface area contributed by atoms with Crippen molar-refractivity contribution in [1.82, 2.24) is 24.4 Å². The molecule has 0 radical (unpaired) electrons. The fraction of sp³-hybridized carbons (Fsp3) is 0.148. The zero-order valence-electron chi connectivity index (χ0n) is 20.7. The van der Waals surface area contributed by atoms with Crippen LogP contribution in [0.25, 0.3) is 22.6 Å². The van der Waals surface area contributed by atoms with Gasteiger partial charge < -0.3 is 5.11 Å². The fourth-order valence-corrected chi connectivity index (χ4v) is 4.10. The Bertz CT molecular complexity index is 1640. The van der Waals surface area contributed by atoms with Gasteiger partial charge in [0.2, 0.25) is 0 Å². The van der Waals surface area contributed by atoms with Crippen LogP contribution < -0.4 is 4.90 Å². The number of rotatable bonds is 6. The number of halogens is 3. The van der Waals surface area contributed by atoms with Crippen LogP contribution in [-0.2, 0) is 6.18 Å². The number of carbonyl (C=O) groups is 2. The number of benzene rings is 2. The van der Waals surface area contributed by atoms with Crippen LogP contribution >= 0.6 is 0 Å². The van der Waals surface area contributed by atoms with E-state index in [1.54, 1.807) is 61.1 Å². The number of hydrogen-bond donors (Lipinski definition) is 1. The van der Waals surface area contributed by atoms with Crippen molar-refractivity contribution in [3.63, 3.8) is 0 Å². The minimum atomic E-state index is -4.55. The minimum absolute atomic E-state index is 0.0334. The van der Waals surface area contributed by atoms with E-state index in [1.165, 1.54) is 10.9 Å². The molecule has 5 aromatic rings. The number of aromatic carboxylic acids is 1. The van der Waals surface area contributed by atoms with E-state index in [0.717, 1.165) is 34.7 Å². The summed E-state index contributed by atoms with van der Waals surface area (Å²) in [6.07, 6.45) is 0.191. The van der Waals surface area contributed by atoms with Gasteiger partial charge in [-0.25, -0.2) is 19.0 Å². The lowest BCUT2D eigenvalue weighted by Gasteiger charge is -2.25. The molecule has 3 heterocycles. The van der Waals surface area contributed by atoms with Crippen LogP contribution in [-0.4, -0.2) is 47.4 Å². The second-order valence-corrected chi connectivity index (χ2v) is 8.96. The number of amides is 1. The summed E-state index contributed by atoms with van der Waals surface area (Å²) in [6.45, 7) is 3.32. The molecule has 1 amide bonds. The van der Waals surface area contributed by atoms with E-state index in [9.17, 15) is 27.9 Å². The molecule has 2 aromatic carbocycles. The molecule has 39 heavy (non-hydrogen) atoms. The van der Waals surface area contributed by atoms with Crippen LogP contribution in [0.2, 0.25) is 0 Å². The molecular weight excluding hydrogens is 513 g/mol. The van der Waals surface area contributed by atoms with Gasteiger partial charge in [0.05, 0.1) is 16.9 Å². The first kappa shape index (κ1) is 25.6. The summed E-state index contributed by atoms with van der Waals surface area (Å²) >= 11 is 0. The molecular formula is C27H21F3N6O3. The largest absolute Gasteiger partial charge is 0.477 e. The maximum absolute atomic E-state index is 13.3. The summed E-state index contributed by atoms with van der Waals surface area (Å²) in [4.78, 5) is 30.8. The van der Waals surface area contributed by atoms with Crippen molar-refractivity contribution in [2.75, 3.05) is 4.90 Å². The average Bonchev–Trinajstić information content (AvgIpc) is 3.53. The van der Waals surface area contributed by atoms with Crippen molar-refractivity contribution in [3.8, 4) is 16.9 Å². The van der Waals surface area contributed by atoms with E-state index in [-0.39, 0.29) is 16.9 Å². The molecule has 0 aliphatic carbocycles. The molecule has 9 nitrogen and oxygen atoms in total. The Labute approximate surface area is 219 Å². The Kier molecular flexibility index (Phi) is 6.38. The Hall–Kier alpha value is -5.00. The molecule has 1 N–H and O–H groups in total. The second-order valence-electron chi connectivity index (χ2n) is 8.96. The van der Waals surface area contributed by atoms with Crippen molar-refractivity contribution in [1.29, 1.82) is 0 Å². The van der Waals surface area contributed by atoms with E-state index >= 15 is 0 Å². The smallest absolute Gasteiger partial charge is 0.416 e. The van der Waals surface area contributed by atoms with Gasteiger partial charge in [-0.1, -0.05) is 12.1 Å². The van der Waals surface area contributed by atoms with Crippen LogP contribution in [0.4, 0.5) is 19.0 Å². The topological polar surface area (TPSA) is 106 Å². The Morgan fingerprint density at radius 1 is 1.00 bits per heavy atom. The summed E-state index contributed by atoms with van der Waals surface area (Å²) in [5.41, 5.74) is 1.55. The molecule has 0 saturated heterocycles. The molecule has 0 bridgehead atoms. The first-order chi connectivity index (χ1) is 18.5. The van der Waals surface area contributed by atoms with Crippen LogP contribution in [0, 0.1) is 0 Å².